The van der Waals surface area contributed by atoms with Gasteiger partial charge in [-0.25, -0.2) is 14.4 Å². The number of imide groups is 1. The van der Waals surface area contributed by atoms with E-state index in [1.807, 2.05) is 43.4 Å². The molecular formula is C91H122IN11O31S3. The maximum absolute atomic E-state index is 14.6. The number of fused-ring (bicyclic) bond motifs is 3. The van der Waals surface area contributed by atoms with E-state index >= 15 is 0 Å². The van der Waals surface area contributed by atoms with Crippen LogP contribution in [-0.2, 0) is 102 Å². The van der Waals surface area contributed by atoms with Crippen molar-refractivity contribution in [2.75, 3.05) is 79.4 Å². The second kappa shape index (κ2) is 51.8. The van der Waals surface area contributed by atoms with E-state index in [0.29, 0.717) is 52.5 Å². The van der Waals surface area contributed by atoms with Crippen LogP contribution in [0.25, 0.3) is 0 Å². The van der Waals surface area contributed by atoms with E-state index in [2.05, 4.69) is 71.7 Å². The number of carbonyl (C=O) groups excluding carboxylic acids is 12. The molecule has 11 amide bonds. The van der Waals surface area contributed by atoms with E-state index in [-0.39, 0.29) is 153 Å². The Morgan fingerprint density at radius 3 is 2.18 bits per heavy atom. The lowest BCUT2D eigenvalue weighted by Crippen LogP contribution is -2.65. The molecule has 2 aromatic rings. The van der Waals surface area contributed by atoms with Crippen molar-refractivity contribution >= 4 is 132 Å². The number of anilines is 1. The van der Waals surface area contributed by atoms with Crippen LogP contribution < -0.4 is 68.0 Å². The monoisotopic (exact) mass is 2090 g/mol. The molecule has 2 bridgehead atoms. The van der Waals surface area contributed by atoms with E-state index in [1.165, 1.54) is 81.3 Å². The number of amides is 11. The number of halogens is 1. The Morgan fingerprint density at radius 2 is 1.50 bits per heavy atom. The third kappa shape index (κ3) is 30.2. The number of nitrogens with two attached hydrogens (primary N) is 1. The van der Waals surface area contributed by atoms with Crippen molar-refractivity contribution in [1.29, 1.82) is 0 Å². The van der Waals surface area contributed by atoms with Gasteiger partial charge in [-0.1, -0.05) is 102 Å². The van der Waals surface area contributed by atoms with E-state index < -0.39 is 186 Å². The number of epoxide rings is 1. The first-order valence-corrected chi connectivity index (χ1v) is 49.0. The molecule has 6 aliphatic heterocycles. The Hall–Kier alpha value is -9.26. The number of Topliss-reactive ketones (excluding diaryl/α,β-unsaturated/α-hetero) is 1. The third-order valence-corrected chi connectivity index (χ3v) is 29.5. The van der Waals surface area contributed by atoms with Crippen LogP contribution in [0.4, 0.5) is 20.1 Å². The van der Waals surface area contributed by atoms with Crippen molar-refractivity contribution in [2.24, 2.45) is 11.7 Å². The number of aliphatic hydroxyl groups is 4. The summed E-state index contributed by atoms with van der Waals surface area (Å²) in [6, 6.07) is 1.64. The van der Waals surface area contributed by atoms with Crippen LogP contribution in [0.2, 0.25) is 0 Å². The number of urea groups is 1. The average molecular weight is 2090 g/mol. The van der Waals surface area contributed by atoms with Crippen LogP contribution in [0, 0.1) is 40.1 Å². The molecule has 0 spiro atoms. The highest BCUT2D eigenvalue weighted by molar-refractivity contribution is 14.1. The number of nitrogens with zero attached hydrogens (tertiary/aromatic N) is 1. The fraction of sp³-hybridized carbons (Fsp3) is 0.604. The molecule has 10 rings (SSSR count). The van der Waals surface area contributed by atoms with Gasteiger partial charge in [0.2, 0.25) is 46.7 Å². The highest BCUT2D eigenvalue weighted by Crippen LogP contribution is 2.50. The molecule has 15 N–H and O–H groups in total. The zero-order chi connectivity index (χ0) is 99.7. The molecule has 2 aromatic carbocycles. The first-order chi connectivity index (χ1) is 65.3. The van der Waals surface area contributed by atoms with Crippen LogP contribution >= 0.6 is 55.9 Å². The summed E-state index contributed by atoms with van der Waals surface area (Å²) in [7, 11) is 9.40. The summed E-state index contributed by atoms with van der Waals surface area (Å²) in [5.41, 5.74) is 6.74. The Balaban J connectivity index is 0.734. The van der Waals surface area contributed by atoms with Crippen LogP contribution in [0.1, 0.15) is 147 Å². The number of benzene rings is 2. The molecular weight excluding hydrogens is 1970 g/mol. The van der Waals surface area contributed by atoms with Gasteiger partial charge >= 0.3 is 18.2 Å². The Bertz CT molecular complexity index is 4900. The molecule has 752 valence electrons. The number of unbranched alkanes of at least 4 members (excludes halogenated alkanes) is 2. The maximum Gasteiger partial charge on any atom is 0.411 e. The number of alkyl carbamates (subject to hydrolysis) is 2. The third-order valence-electron chi connectivity index (χ3n) is 23.6. The first kappa shape index (κ1) is 110. The number of methoxy groups -OCH3 is 5. The number of thioether (sulfide) groups is 1. The minimum Gasteiger partial charge on any atom is -0.492 e. The molecule has 5 saturated heterocycles. The number of nitrogens with one attached hydrogen (secondary N) is 9. The SMILES string of the molecule is CCC(C)[C@H](NC(=O)CCCCCN1C(=O)C=CC1=O)C(=O)N[C@@H](CCCNC(N)=O)C(=O)Nc1ccc(COC(=O)NCCNC(=O)CCC(C)(C)SSC/C=C2\C3=C(NC(=O)OC)C(=O)C[C@@]2(O)C#C/C=C\C#C[C@@H]3OC2OC(C)C(NOC3CC(O)C(SC(=O)c4c(C)c(I)c(OC5OC6OC6C(OC)C5O)c(OC)c4OC)C(C)O3)C(O)C2OC2CC(OC)C(NC(C)=O)CO2)cc1. The quantitative estimate of drug-likeness (QED) is 0.00849. The maximum atomic E-state index is 14.6. The summed E-state index contributed by atoms with van der Waals surface area (Å²) < 4.78 is 83.4. The minimum atomic E-state index is -2.26. The van der Waals surface area contributed by atoms with Crippen LogP contribution in [0.3, 0.4) is 0 Å². The second-order valence-corrected chi connectivity index (χ2v) is 39.3. The predicted octanol–water partition coefficient (Wildman–Crippen LogP) is 3.91. The molecule has 6 heterocycles. The number of aliphatic hydroxyl groups excluding tert-OH is 3. The van der Waals surface area contributed by atoms with Crippen molar-refractivity contribution in [3.8, 4) is 40.9 Å². The zero-order valence-electron chi connectivity index (χ0n) is 78.2. The van der Waals surface area contributed by atoms with Crippen molar-refractivity contribution in [3.05, 3.63) is 91.7 Å². The fourth-order valence-electron chi connectivity index (χ4n) is 16.0. The number of allylic oxidation sites excluding steroid dienone is 3. The van der Waals surface area contributed by atoms with Crippen LogP contribution in [0.5, 0.6) is 17.2 Å². The summed E-state index contributed by atoms with van der Waals surface area (Å²) in [5, 5.41) is 68.7. The van der Waals surface area contributed by atoms with Gasteiger partial charge in [0.25, 0.3) is 11.8 Å². The molecule has 137 heavy (non-hydrogen) atoms. The standard InChI is InChI=1S/C91H122IN11O31S3/c1-14-46(2)69(100-61(108)25-19-17-21-39-103-62(109)30-31-63(103)110)82(114)99-54(23-22-36-95-87(93)116)81(113)98-52-28-26-51(27-29-52)44-126-88(117)96-38-37-94-60(107)32-35-90(7,8)137-135-40-33-53-67-58(24-18-15-16-20-34-91(53,119)43-57(106)71(67)101-89(118)124-13)129-85-77(130-64-42-59(120-9)55(45-125-64)97-50(6)104)72(111)70(48(4)128-85)102-134-65-41-56(105)80(49(5)127-65)136-83(115)66-47(3)68(92)75(78(123-12)74(66)121-10)131-84-73(112)76(122-11)79-86(132-79)133-84/h15-16,26-31,33,46,48-49,54-56,58-59,64-65,69-70,72-73,76-77,79-80,84-86,102,105,111-112,119H,14,17,19,21-23,25,32,35-45H2,1-13H3,(H,94,107)(H,96,117)(H,97,104)(H,98,113)(H,99,114)(H,100,108)(H,101,118)(H3,93,95,116)/b16-15-,53-33+/t46?,48?,49?,54-,55?,56?,58-,59?,64?,65?,69-,70?,72?,73?,76?,77?,79?,80?,84?,85?,86?,91-/m0/s1. The minimum absolute atomic E-state index is 0.00242. The smallest absolute Gasteiger partial charge is 0.411 e. The highest BCUT2D eigenvalue weighted by Gasteiger charge is 2.59. The van der Waals surface area contributed by atoms with Gasteiger partial charge in [0.1, 0.15) is 55.3 Å². The number of ketones is 1. The lowest BCUT2D eigenvalue weighted by molar-refractivity contribution is -0.336. The van der Waals surface area contributed by atoms with Gasteiger partial charge in [-0.05, 0) is 131 Å². The van der Waals surface area contributed by atoms with Gasteiger partial charge in [-0.3, -0.25) is 58.2 Å². The lowest BCUT2D eigenvalue weighted by Gasteiger charge is -2.46. The lowest BCUT2D eigenvalue weighted by atomic mass is 9.75. The number of hydroxylamine groups is 1. The summed E-state index contributed by atoms with van der Waals surface area (Å²) >= 11 is 2.79. The number of ether oxygens (including phenoxy) is 14. The average Bonchev–Trinajstić information content (AvgIpc) is 1.74. The van der Waals surface area contributed by atoms with Gasteiger partial charge in [0.15, 0.2) is 48.0 Å². The summed E-state index contributed by atoms with van der Waals surface area (Å²) in [4.78, 5) is 164. The van der Waals surface area contributed by atoms with Gasteiger partial charge in [0, 0.05) is 112 Å². The fourth-order valence-corrected chi connectivity index (χ4v) is 20.2. The number of hydrogen-bond acceptors (Lipinski definition) is 35. The normalized spacial score (nSPS) is 27.8. The molecule has 42 nitrogen and oxygen atoms in total. The molecule has 5 fully saturated rings. The van der Waals surface area contributed by atoms with Crippen LogP contribution in [-0.4, -0.2) is 302 Å². The van der Waals surface area contributed by atoms with Crippen LogP contribution in [0.15, 0.2) is 71.5 Å². The summed E-state index contributed by atoms with van der Waals surface area (Å²) in [6.07, 6.45) is -10.5. The Morgan fingerprint density at radius 1 is 0.774 bits per heavy atom. The van der Waals surface area contributed by atoms with Gasteiger partial charge in [-0.2, -0.15) is 5.48 Å². The van der Waals surface area contributed by atoms with E-state index in [0.717, 1.165) is 23.8 Å². The van der Waals surface area contributed by atoms with E-state index in [9.17, 15) is 78.0 Å². The predicted molar refractivity (Wildman–Crippen MR) is 504 cm³/mol. The Kier molecular flexibility index (Phi) is 41.5. The van der Waals surface area contributed by atoms with Crippen molar-refractivity contribution < 1.29 is 149 Å². The van der Waals surface area contributed by atoms with E-state index in [1.54, 1.807) is 58.0 Å². The largest absolute Gasteiger partial charge is 0.492 e. The Labute approximate surface area is 818 Å². The van der Waals surface area contributed by atoms with Gasteiger partial charge in [0.05, 0.1) is 90.9 Å². The highest BCUT2D eigenvalue weighted by atomic mass is 127. The number of carbonyl (C=O) groups is 12. The second-order valence-electron chi connectivity index (χ2n) is 34.0. The number of hydrogen-bond donors (Lipinski definition) is 14. The van der Waals surface area contributed by atoms with E-state index in [4.69, 9.17) is 76.9 Å². The molecule has 0 radical (unpaired) electrons. The summed E-state index contributed by atoms with van der Waals surface area (Å²) in [5.74, 6) is 7.55. The van der Waals surface area contributed by atoms with Crippen molar-refractivity contribution in [2.45, 2.75) is 271 Å². The summed E-state index contributed by atoms with van der Waals surface area (Å²) in [6.45, 7) is 13.8. The van der Waals surface area contributed by atoms with Gasteiger partial charge in [-0.15, -0.1) is 0 Å². The molecule has 2 aliphatic carbocycles. The molecule has 22 atom stereocenters. The van der Waals surface area contributed by atoms with Crippen molar-refractivity contribution in [3.63, 3.8) is 0 Å². The molecule has 18 unspecified atom stereocenters. The van der Waals surface area contributed by atoms with Crippen molar-refractivity contribution in [1.82, 2.24) is 47.6 Å². The molecule has 0 aromatic heterocycles. The molecule has 0 saturated carbocycles. The number of primary amides is 1. The van der Waals surface area contributed by atoms with Gasteiger partial charge < -0.3 is 130 Å². The topological polar surface area (TPSA) is 565 Å². The first-order valence-electron chi connectivity index (χ1n) is 44.8. The zero-order valence-corrected chi connectivity index (χ0v) is 82.8. The molecule has 46 heteroatoms. The molecule has 8 aliphatic rings. The number of rotatable bonds is 46.